The van der Waals surface area contributed by atoms with Gasteiger partial charge in [-0.25, -0.2) is 4.57 Å². The number of quaternary nitrogens is 1. The Morgan fingerprint density at radius 3 is 1.25 bits per heavy atom. The molecule has 0 aromatic rings. The van der Waals surface area contributed by atoms with Crippen LogP contribution < -0.4 is 0 Å². The third-order valence-corrected chi connectivity index (χ3v) is 12.0. The minimum Gasteiger partial charge on any atom is -0.462 e. The normalized spacial score (nSPS) is 13.5. The number of likely N-dealkylation sites (N-methyl/N-ethyl adjacent to an activating group) is 1. The second kappa shape index (κ2) is 42.1. The lowest BCUT2D eigenvalue weighted by molar-refractivity contribution is -0.870. The van der Waals surface area contributed by atoms with Crippen molar-refractivity contribution in [1.82, 2.24) is 0 Å². The minimum absolute atomic E-state index is 0.0347. The monoisotopic (exact) mass is 859 g/mol. The molecule has 0 bridgehead atoms. The van der Waals surface area contributed by atoms with Crippen LogP contribution in [0.4, 0.5) is 0 Å². The van der Waals surface area contributed by atoms with Gasteiger partial charge in [0, 0.05) is 12.8 Å². The van der Waals surface area contributed by atoms with E-state index in [1.165, 1.54) is 173 Å². The average molecular weight is 859 g/mol. The van der Waals surface area contributed by atoms with Gasteiger partial charge < -0.3 is 18.9 Å². The number of rotatable bonds is 46. The SMILES string of the molecule is CCCCCCCC/C=C/CCCCCCCCCCCC(=O)O[C@H](COC(=O)CCCCCCCCCCCCCCCCCC)COP(=O)(O)OCC[N+](C)(C)C. The molecule has 0 aromatic heterocycles. The molecule has 0 heterocycles. The fourth-order valence-corrected chi connectivity index (χ4v) is 7.87. The highest BCUT2D eigenvalue weighted by Gasteiger charge is 2.27. The number of esters is 2. The first-order valence-electron chi connectivity index (χ1n) is 24.9. The van der Waals surface area contributed by atoms with Gasteiger partial charge in [0.25, 0.3) is 0 Å². The van der Waals surface area contributed by atoms with Crippen LogP contribution in [-0.4, -0.2) is 74.9 Å². The number of nitrogens with zero attached hydrogens (tertiary/aromatic N) is 1. The number of phosphoric ester groups is 1. The van der Waals surface area contributed by atoms with Crippen molar-refractivity contribution in [2.24, 2.45) is 0 Å². The van der Waals surface area contributed by atoms with Crippen molar-refractivity contribution in [3.8, 4) is 0 Å². The molecule has 10 heteroatoms. The summed E-state index contributed by atoms with van der Waals surface area (Å²) < 4.78 is 34.4. The molecule has 0 aliphatic carbocycles. The summed E-state index contributed by atoms with van der Waals surface area (Å²) in [4.78, 5) is 35.5. The molecule has 350 valence electrons. The molecular weight excluding hydrogens is 762 g/mol. The van der Waals surface area contributed by atoms with Crippen molar-refractivity contribution in [1.29, 1.82) is 0 Å². The number of carbonyl (C=O) groups excluding carboxylic acids is 2. The van der Waals surface area contributed by atoms with E-state index in [2.05, 4.69) is 26.0 Å². The predicted molar refractivity (Wildman–Crippen MR) is 248 cm³/mol. The van der Waals surface area contributed by atoms with Gasteiger partial charge in [-0.1, -0.05) is 199 Å². The summed E-state index contributed by atoms with van der Waals surface area (Å²) in [5.74, 6) is -0.786. The highest BCUT2D eigenvalue weighted by Crippen LogP contribution is 2.43. The van der Waals surface area contributed by atoms with Crippen LogP contribution in [0.1, 0.15) is 239 Å². The molecule has 1 N–H and O–H groups in total. The van der Waals surface area contributed by atoms with E-state index in [-0.39, 0.29) is 25.6 Å². The number of ether oxygens (including phenoxy) is 2. The summed E-state index contributed by atoms with van der Waals surface area (Å²) in [5.41, 5.74) is 0. The first kappa shape index (κ1) is 57.8. The summed E-state index contributed by atoms with van der Waals surface area (Å²) in [7, 11) is 1.49. The molecule has 0 saturated heterocycles. The second-order valence-corrected chi connectivity index (χ2v) is 19.7. The van der Waals surface area contributed by atoms with Crippen molar-refractivity contribution in [3.63, 3.8) is 0 Å². The molecule has 0 spiro atoms. The van der Waals surface area contributed by atoms with Gasteiger partial charge in [-0.3, -0.25) is 18.6 Å². The van der Waals surface area contributed by atoms with Gasteiger partial charge in [0.1, 0.15) is 19.8 Å². The van der Waals surface area contributed by atoms with E-state index in [9.17, 15) is 19.0 Å². The van der Waals surface area contributed by atoms with Crippen LogP contribution in [0.15, 0.2) is 12.2 Å². The number of hydrogen-bond acceptors (Lipinski definition) is 7. The lowest BCUT2D eigenvalue weighted by atomic mass is 10.0. The zero-order valence-corrected chi connectivity index (χ0v) is 40.4. The molecule has 9 nitrogen and oxygen atoms in total. The number of unbranched alkanes of at least 4 members (excludes halogenated alkanes) is 30. The fourth-order valence-electron chi connectivity index (χ4n) is 7.13. The van der Waals surface area contributed by atoms with Crippen molar-refractivity contribution in [2.75, 3.05) is 47.5 Å². The Morgan fingerprint density at radius 2 is 0.864 bits per heavy atom. The van der Waals surface area contributed by atoms with Crippen molar-refractivity contribution < 1.29 is 42.1 Å². The van der Waals surface area contributed by atoms with Crippen LogP contribution in [0.2, 0.25) is 0 Å². The number of allylic oxidation sites excluding steroid dienone is 2. The summed E-state index contributed by atoms with van der Waals surface area (Å²) >= 11 is 0. The Labute approximate surface area is 365 Å². The van der Waals surface area contributed by atoms with Crippen LogP contribution in [-0.2, 0) is 32.7 Å². The summed E-state index contributed by atoms with van der Waals surface area (Å²) in [5, 5.41) is 0. The van der Waals surface area contributed by atoms with E-state index in [0.29, 0.717) is 23.9 Å². The first-order chi connectivity index (χ1) is 28.5. The Kier molecular flexibility index (Phi) is 41.2. The summed E-state index contributed by atoms with van der Waals surface area (Å²) in [6.07, 6.45) is 45.4. The third-order valence-electron chi connectivity index (χ3n) is 11.0. The van der Waals surface area contributed by atoms with Gasteiger partial charge in [0.15, 0.2) is 6.10 Å². The van der Waals surface area contributed by atoms with Crippen molar-refractivity contribution in [2.45, 2.75) is 245 Å². The molecule has 0 aromatic carbocycles. The van der Waals surface area contributed by atoms with E-state index < -0.39 is 26.5 Å². The van der Waals surface area contributed by atoms with Gasteiger partial charge >= 0.3 is 19.8 Å². The molecule has 0 amide bonds. The minimum atomic E-state index is -4.37. The smallest absolute Gasteiger partial charge is 0.462 e. The number of carbonyl (C=O) groups is 2. The molecule has 0 fully saturated rings. The largest absolute Gasteiger partial charge is 0.472 e. The highest BCUT2D eigenvalue weighted by atomic mass is 31.2. The maximum atomic E-state index is 12.7. The topological polar surface area (TPSA) is 108 Å². The third kappa shape index (κ3) is 46.1. The number of hydrogen-bond donors (Lipinski definition) is 1. The molecular formula is C49H97NO8P+. The molecule has 59 heavy (non-hydrogen) atoms. The molecule has 0 aliphatic rings. The van der Waals surface area contributed by atoms with Crippen LogP contribution in [0, 0.1) is 0 Å². The van der Waals surface area contributed by atoms with E-state index in [4.69, 9.17) is 18.5 Å². The van der Waals surface area contributed by atoms with Gasteiger partial charge in [-0.2, -0.15) is 0 Å². The zero-order valence-electron chi connectivity index (χ0n) is 39.5. The van der Waals surface area contributed by atoms with Gasteiger partial charge in [0.2, 0.25) is 0 Å². The zero-order chi connectivity index (χ0) is 43.6. The Bertz CT molecular complexity index is 1020. The predicted octanol–water partition coefficient (Wildman–Crippen LogP) is 14.5. The van der Waals surface area contributed by atoms with E-state index in [1.54, 1.807) is 0 Å². The van der Waals surface area contributed by atoms with Crippen LogP contribution >= 0.6 is 7.82 Å². The van der Waals surface area contributed by atoms with E-state index in [1.807, 2.05) is 21.1 Å². The molecule has 0 aliphatic heterocycles. The van der Waals surface area contributed by atoms with Gasteiger partial charge in [-0.15, -0.1) is 0 Å². The highest BCUT2D eigenvalue weighted by molar-refractivity contribution is 7.47. The molecule has 2 atom stereocenters. The molecule has 0 saturated carbocycles. The average Bonchev–Trinajstić information content (AvgIpc) is 3.19. The second-order valence-electron chi connectivity index (χ2n) is 18.2. The Balaban J connectivity index is 4.25. The lowest BCUT2D eigenvalue weighted by Crippen LogP contribution is -2.37. The summed E-state index contributed by atoms with van der Waals surface area (Å²) in [6, 6.07) is 0. The van der Waals surface area contributed by atoms with Crippen molar-refractivity contribution >= 4 is 19.8 Å². The Morgan fingerprint density at radius 1 is 0.508 bits per heavy atom. The van der Waals surface area contributed by atoms with Crippen LogP contribution in [0.5, 0.6) is 0 Å². The number of phosphoric acid groups is 1. The molecule has 0 rings (SSSR count). The maximum absolute atomic E-state index is 12.7. The van der Waals surface area contributed by atoms with E-state index >= 15 is 0 Å². The van der Waals surface area contributed by atoms with Crippen LogP contribution in [0.25, 0.3) is 0 Å². The standard InChI is InChI=1S/C49H96NO8P/c1-6-8-10-12-14-16-18-20-22-24-25-26-28-30-32-34-36-38-40-42-49(52)58-47(46-57-59(53,54)56-44-43-50(3,4)5)45-55-48(51)41-39-37-35-33-31-29-27-23-21-19-17-15-13-11-9-7-2/h20,22,47H,6-19,21,23-46H2,1-5H3/p+1/b22-20+/t47-/m1/s1. The summed E-state index contributed by atoms with van der Waals surface area (Å²) in [6.45, 7) is 4.46. The van der Waals surface area contributed by atoms with Gasteiger partial charge in [-0.05, 0) is 38.5 Å². The van der Waals surface area contributed by atoms with Crippen LogP contribution in [0.3, 0.4) is 0 Å². The fraction of sp³-hybridized carbons (Fsp3) is 0.918. The molecule has 0 radical (unpaired) electrons. The van der Waals surface area contributed by atoms with Gasteiger partial charge in [0.05, 0.1) is 27.7 Å². The first-order valence-corrected chi connectivity index (χ1v) is 26.4. The lowest BCUT2D eigenvalue weighted by Gasteiger charge is -2.24. The maximum Gasteiger partial charge on any atom is 0.472 e. The quantitative estimate of drug-likeness (QED) is 0.0212. The Hall–Kier alpha value is -1.25. The molecule has 1 unspecified atom stereocenters. The van der Waals surface area contributed by atoms with Crippen molar-refractivity contribution in [3.05, 3.63) is 12.2 Å². The van der Waals surface area contributed by atoms with E-state index in [0.717, 1.165) is 32.1 Å².